The van der Waals surface area contributed by atoms with Crippen LogP contribution in [0.5, 0.6) is 0 Å². The highest BCUT2D eigenvalue weighted by molar-refractivity contribution is 7.91. The molecule has 1 fully saturated rings. The molecule has 1 aromatic carbocycles. The fourth-order valence-corrected chi connectivity index (χ4v) is 4.39. The summed E-state index contributed by atoms with van der Waals surface area (Å²) in [6, 6.07) is 7.23. The number of aliphatic imine (C=N–C) groups is 1. The summed E-state index contributed by atoms with van der Waals surface area (Å²) in [4.78, 5) is 18.5. The van der Waals surface area contributed by atoms with Gasteiger partial charge in [0.1, 0.15) is 5.71 Å². The van der Waals surface area contributed by atoms with E-state index in [1.165, 1.54) is 0 Å². The first kappa shape index (κ1) is 13.3. The number of rotatable bonds is 2. The van der Waals surface area contributed by atoms with E-state index in [0.717, 1.165) is 11.3 Å². The number of fused-ring (bicyclic) bond motifs is 1. The fraction of sp³-hybridized carbons (Fsp3) is 0.429. The maximum absolute atomic E-state index is 12.4. The molecule has 0 aliphatic carbocycles. The molecule has 0 spiro atoms. The molecule has 2 aliphatic rings. The number of amides is 1. The molecule has 1 amide bonds. The number of anilines is 1. The smallest absolute Gasteiger partial charge is 0.277 e. The number of carbonyl (C=O) groups is 1. The fourth-order valence-electron chi connectivity index (χ4n) is 2.76. The van der Waals surface area contributed by atoms with Crippen LogP contribution >= 0.6 is 0 Å². The van der Waals surface area contributed by atoms with E-state index in [1.54, 1.807) is 4.90 Å². The predicted octanol–water partition coefficient (Wildman–Crippen LogP) is 1.03. The minimum Gasteiger partial charge on any atom is -0.307 e. The lowest BCUT2D eigenvalue weighted by molar-refractivity contribution is -0.112. The molecule has 2 aliphatic heterocycles. The Bertz CT molecular complexity index is 694. The summed E-state index contributed by atoms with van der Waals surface area (Å²) in [7, 11) is -2.98. The van der Waals surface area contributed by atoms with Crippen molar-refractivity contribution in [2.75, 3.05) is 23.0 Å². The first-order valence-corrected chi connectivity index (χ1v) is 8.53. The van der Waals surface area contributed by atoms with Crippen LogP contribution in [-0.4, -0.2) is 44.1 Å². The van der Waals surface area contributed by atoms with Crippen molar-refractivity contribution in [2.24, 2.45) is 4.99 Å². The molecule has 1 atom stereocenters. The Hall–Kier alpha value is -1.69. The summed E-state index contributed by atoms with van der Waals surface area (Å²) in [5.74, 6) is 0.0952. The molecule has 1 aromatic rings. The first-order chi connectivity index (χ1) is 9.52. The van der Waals surface area contributed by atoms with Gasteiger partial charge in [-0.1, -0.05) is 18.2 Å². The van der Waals surface area contributed by atoms with E-state index in [1.807, 2.05) is 31.2 Å². The summed E-state index contributed by atoms with van der Waals surface area (Å²) >= 11 is 0. The number of benzene rings is 1. The highest BCUT2D eigenvalue weighted by Crippen LogP contribution is 2.29. The Kier molecular flexibility index (Phi) is 3.12. The molecule has 0 N–H and O–H groups in total. The van der Waals surface area contributed by atoms with Gasteiger partial charge in [0, 0.05) is 12.1 Å². The maximum atomic E-state index is 12.4. The molecule has 0 radical (unpaired) electrons. The summed E-state index contributed by atoms with van der Waals surface area (Å²) in [6.45, 7) is 2.50. The lowest BCUT2D eigenvalue weighted by Crippen LogP contribution is -2.30. The van der Waals surface area contributed by atoms with Crippen LogP contribution in [0.4, 0.5) is 5.69 Å². The van der Waals surface area contributed by atoms with E-state index in [9.17, 15) is 13.2 Å². The quantitative estimate of drug-likeness (QED) is 0.817. The molecular weight excluding hydrogens is 276 g/mol. The van der Waals surface area contributed by atoms with Crippen molar-refractivity contribution < 1.29 is 13.2 Å². The van der Waals surface area contributed by atoms with E-state index in [2.05, 4.69) is 4.99 Å². The average molecular weight is 292 g/mol. The molecule has 106 valence electrons. The molecule has 20 heavy (non-hydrogen) atoms. The van der Waals surface area contributed by atoms with E-state index in [-0.39, 0.29) is 23.5 Å². The van der Waals surface area contributed by atoms with Crippen molar-refractivity contribution in [1.29, 1.82) is 0 Å². The van der Waals surface area contributed by atoms with Gasteiger partial charge in [0.05, 0.1) is 23.2 Å². The molecule has 6 heteroatoms. The molecule has 0 aromatic heterocycles. The number of likely N-dealkylation sites (N-methyl/N-ethyl adjacent to an activating group) is 1. The zero-order valence-corrected chi connectivity index (χ0v) is 12.1. The lowest BCUT2D eigenvalue weighted by Gasteiger charge is -2.13. The van der Waals surface area contributed by atoms with Crippen molar-refractivity contribution in [3.8, 4) is 0 Å². The van der Waals surface area contributed by atoms with Crippen molar-refractivity contribution in [3.05, 3.63) is 29.8 Å². The van der Waals surface area contributed by atoms with Gasteiger partial charge in [0.25, 0.3) is 5.91 Å². The van der Waals surface area contributed by atoms with E-state index in [4.69, 9.17) is 0 Å². The van der Waals surface area contributed by atoms with Crippen LogP contribution in [0.1, 0.15) is 18.9 Å². The lowest BCUT2D eigenvalue weighted by atomic mass is 10.1. The van der Waals surface area contributed by atoms with Crippen LogP contribution in [0, 0.1) is 0 Å². The van der Waals surface area contributed by atoms with Crippen molar-refractivity contribution in [2.45, 2.75) is 19.4 Å². The predicted molar refractivity (Wildman–Crippen MR) is 78.1 cm³/mol. The number of hydrogen-bond donors (Lipinski definition) is 0. The monoisotopic (exact) mass is 292 g/mol. The van der Waals surface area contributed by atoms with Crippen LogP contribution in [0.25, 0.3) is 0 Å². The normalized spacial score (nSPS) is 26.2. The van der Waals surface area contributed by atoms with E-state index < -0.39 is 9.84 Å². The number of hydrogen-bond acceptors (Lipinski definition) is 4. The number of carbonyl (C=O) groups excluding carboxylic acids is 1. The van der Waals surface area contributed by atoms with E-state index in [0.29, 0.717) is 18.7 Å². The van der Waals surface area contributed by atoms with Gasteiger partial charge in [0.15, 0.2) is 9.84 Å². The molecule has 0 saturated carbocycles. The molecule has 1 saturated heterocycles. The Morgan fingerprint density at radius 2 is 2.10 bits per heavy atom. The minimum absolute atomic E-state index is 0.0536. The third kappa shape index (κ3) is 2.14. The summed E-state index contributed by atoms with van der Waals surface area (Å²) in [5.41, 5.74) is 2.08. The highest BCUT2D eigenvalue weighted by atomic mass is 32.2. The summed E-state index contributed by atoms with van der Waals surface area (Å²) in [5, 5.41) is 0. The second-order valence-electron chi connectivity index (χ2n) is 5.10. The first-order valence-electron chi connectivity index (χ1n) is 6.71. The molecule has 2 heterocycles. The average Bonchev–Trinajstić information content (AvgIpc) is 2.89. The van der Waals surface area contributed by atoms with Crippen molar-refractivity contribution >= 4 is 27.1 Å². The maximum Gasteiger partial charge on any atom is 0.277 e. The molecule has 3 rings (SSSR count). The Balaban J connectivity index is 2.00. The zero-order chi connectivity index (χ0) is 14.3. The van der Waals surface area contributed by atoms with Crippen LogP contribution in [-0.2, 0) is 14.6 Å². The van der Waals surface area contributed by atoms with Crippen LogP contribution in [0.2, 0.25) is 0 Å². The van der Waals surface area contributed by atoms with Gasteiger partial charge in [-0.15, -0.1) is 0 Å². The third-order valence-electron chi connectivity index (χ3n) is 3.73. The summed E-state index contributed by atoms with van der Waals surface area (Å²) in [6.07, 6.45) is 0.507. The number of para-hydroxylation sites is 1. The molecular formula is C14H16N2O3S. The Morgan fingerprint density at radius 1 is 1.35 bits per heavy atom. The van der Waals surface area contributed by atoms with Gasteiger partial charge in [-0.05, 0) is 19.4 Å². The topological polar surface area (TPSA) is 66.8 Å². The van der Waals surface area contributed by atoms with Gasteiger partial charge in [0.2, 0.25) is 0 Å². The second kappa shape index (κ2) is 4.70. The van der Waals surface area contributed by atoms with Gasteiger partial charge in [-0.25, -0.2) is 8.42 Å². The van der Waals surface area contributed by atoms with Crippen LogP contribution in [0.15, 0.2) is 29.3 Å². The standard InChI is InChI=1S/C14H16N2O3S/c1-2-16-12-6-4-3-5-11(12)13(14(16)17)15-10-7-8-20(18,19)9-10/h3-6,10H,2,7-9H2,1H3. The van der Waals surface area contributed by atoms with Gasteiger partial charge in [-0.2, -0.15) is 0 Å². The molecule has 1 unspecified atom stereocenters. The largest absolute Gasteiger partial charge is 0.307 e. The van der Waals surface area contributed by atoms with Crippen molar-refractivity contribution in [3.63, 3.8) is 0 Å². The Morgan fingerprint density at radius 3 is 2.75 bits per heavy atom. The minimum atomic E-state index is -2.98. The van der Waals surface area contributed by atoms with E-state index >= 15 is 0 Å². The van der Waals surface area contributed by atoms with Gasteiger partial charge < -0.3 is 4.90 Å². The van der Waals surface area contributed by atoms with Gasteiger partial charge >= 0.3 is 0 Å². The molecule has 0 bridgehead atoms. The Labute approximate surface area is 118 Å². The summed E-state index contributed by atoms with van der Waals surface area (Å²) < 4.78 is 23.0. The van der Waals surface area contributed by atoms with Crippen LogP contribution in [0.3, 0.4) is 0 Å². The SMILES string of the molecule is CCN1C(=O)C(=NC2CCS(=O)(=O)C2)c2ccccc21. The molecule has 5 nitrogen and oxygen atoms in total. The van der Waals surface area contributed by atoms with Crippen LogP contribution < -0.4 is 4.90 Å². The number of sulfone groups is 1. The van der Waals surface area contributed by atoms with Crippen molar-refractivity contribution in [1.82, 2.24) is 0 Å². The highest BCUT2D eigenvalue weighted by Gasteiger charge is 2.35. The second-order valence-corrected chi connectivity index (χ2v) is 7.33. The zero-order valence-electron chi connectivity index (χ0n) is 11.2. The number of nitrogens with zero attached hydrogens (tertiary/aromatic N) is 2. The third-order valence-corrected chi connectivity index (χ3v) is 5.48. The van der Waals surface area contributed by atoms with Gasteiger partial charge in [-0.3, -0.25) is 9.79 Å².